The first-order valence-electron chi connectivity index (χ1n) is 30.1. The van der Waals surface area contributed by atoms with Gasteiger partial charge in [0, 0.05) is 12.8 Å². The van der Waals surface area contributed by atoms with Crippen LogP contribution in [0, 0.1) is 0 Å². The number of carbonyl (C=O) groups excluding carboxylic acids is 2. The van der Waals surface area contributed by atoms with Gasteiger partial charge in [-0.25, -0.2) is 0 Å². The molecule has 2 unspecified atom stereocenters. The van der Waals surface area contributed by atoms with Crippen molar-refractivity contribution in [2.45, 2.75) is 341 Å². The van der Waals surface area contributed by atoms with Gasteiger partial charge in [-0.15, -0.1) is 0 Å². The Labute approximate surface area is 418 Å². The molecule has 0 radical (unpaired) electrons. The van der Waals surface area contributed by atoms with Crippen LogP contribution in [-0.4, -0.2) is 47.4 Å². The van der Waals surface area contributed by atoms with E-state index in [0.717, 1.165) is 44.9 Å². The maximum atomic E-state index is 12.4. The normalized spacial score (nSPS) is 12.7. The number of aliphatic hydroxyl groups is 2. The van der Waals surface area contributed by atoms with E-state index in [4.69, 9.17) is 4.74 Å². The lowest BCUT2D eigenvalue weighted by Gasteiger charge is -2.20. The minimum absolute atomic E-state index is 0.00386. The summed E-state index contributed by atoms with van der Waals surface area (Å²) in [7, 11) is 0. The number of hydrogen-bond donors (Lipinski definition) is 3. The third-order valence-electron chi connectivity index (χ3n) is 14.0. The van der Waals surface area contributed by atoms with Crippen LogP contribution < -0.4 is 5.32 Å². The molecule has 6 nitrogen and oxygen atoms in total. The van der Waals surface area contributed by atoms with Gasteiger partial charge in [0.15, 0.2) is 0 Å². The number of esters is 1. The molecule has 0 aliphatic heterocycles. The minimum atomic E-state index is -0.846. The Morgan fingerprint density at radius 2 is 0.701 bits per heavy atom. The van der Waals surface area contributed by atoms with Gasteiger partial charge in [0.1, 0.15) is 0 Å². The fourth-order valence-corrected chi connectivity index (χ4v) is 9.34. The van der Waals surface area contributed by atoms with Gasteiger partial charge < -0.3 is 20.3 Å². The molecule has 0 aromatic carbocycles. The van der Waals surface area contributed by atoms with E-state index in [0.29, 0.717) is 19.4 Å². The van der Waals surface area contributed by atoms with Crippen LogP contribution in [0.25, 0.3) is 0 Å². The van der Waals surface area contributed by atoms with Crippen molar-refractivity contribution in [2.75, 3.05) is 13.2 Å². The smallest absolute Gasteiger partial charge is 0.305 e. The van der Waals surface area contributed by atoms with Crippen LogP contribution in [0.5, 0.6) is 0 Å². The molecule has 0 rings (SSSR count). The molecule has 0 heterocycles. The zero-order chi connectivity index (χ0) is 48.6. The van der Waals surface area contributed by atoms with E-state index in [9.17, 15) is 19.8 Å². The Bertz CT molecular complexity index is 1040. The highest BCUT2D eigenvalue weighted by Gasteiger charge is 2.18. The number of unbranched alkanes of at least 4 members (excludes halogenated alkanes) is 43. The van der Waals surface area contributed by atoms with Gasteiger partial charge in [-0.2, -0.15) is 0 Å². The first-order chi connectivity index (χ1) is 33.0. The van der Waals surface area contributed by atoms with Crippen molar-refractivity contribution in [1.82, 2.24) is 5.32 Å². The van der Waals surface area contributed by atoms with Crippen LogP contribution in [0.1, 0.15) is 328 Å². The highest BCUT2D eigenvalue weighted by Crippen LogP contribution is 2.17. The highest BCUT2D eigenvalue weighted by atomic mass is 16.5. The number of amides is 1. The Hall–Kier alpha value is -1.66. The molecule has 1 amide bonds. The fraction of sp³-hybridized carbons (Fsp3) is 0.902. The van der Waals surface area contributed by atoms with Crippen molar-refractivity contribution < 1.29 is 24.5 Å². The summed E-state index contributed by atoms with van der Waals surface area (Å²) < 4.78 is 5.49. The standard InChI is InChI=1S/C61H117NO5/c1-3-5-7-9-11-13-15-17-19-20-24-27-31-35-39-43-47-51-55-61(66)67-56-52-48-44-40-36-32-28-25-22-21-23-26-30-34-38-42-46-50-54-60(65)62-58(57-63)59(64)53-49-45-41-37-33-29-18-16-14-12-10-8-6-4-2/h19-20,49,53,58-59,63-64H,3-18,21-48,50-52,54-57H2,1-2H3,(H,62,65)/b20-19-,53-49+. The van der Waals surface area contributed by atoms with Crippen LogP contribution in [0.15, 0.2) is 24.3 Å². The van der Waals surface area contributed by atoms with E-state index in [-0.39, 0.29) is 18.5 Å². The molecule has 0 aliphatic carbocycles. The van der Waals surface area contributed by atoms with Gasteiger partial charge in [-0.05, 0) is 57.8 Å². The van der Waals surface area contributed by atoms with Crippen LogP contribution in [0.3, 0.4) is 0 Å². The van der Waals surface area contributed by atoms with E-state index in [1.165, 1.54) is 257 Å². The van der Waals surface area contributed by atoms with Crippen molar-refractivity contribution in [3.63, 3.8) is 0 Å². The van der Waals surface area contributed by atoms with Crippen LogP contribution >= 0.6 is 0 Å². The number of rotatable bonds is 56. The lowest BCUT2D eigenvalue weighted by molar-refractivity contribution is -0.143. The zero-order valence-electron chi connectivity index (χ0n) is 45.1. The lowest BCUT2D eigenvalue weighted by Crippen LogP contribution is -2.45. The molecule has 0 spiro atoms. The molecular weight excluding hydrogens is 827 g/mol. The molecule has 0 saturated carbocycles. The van der Waals surface area contributed by atoms with E-state index in [1.54, 1.807) is 6.08 Å². The minimum Gasteiger partial charge on any atom is -0.466 e. The second-order valence-electron chi connectivity index (χ2n) is 20.7. The topological polar surface area (TPSA) is 95.9 Å². The van der Waals surface area contributed by atoms with Gasteiger partial charge >= 0.3 is 5.97 Å². The predicted molar refractivity (Wildman–Crippen MR) is 292 cm³/mol. The molecule has 3 N–H and O–H groups in total. The quantitative estimate of drug-likeness (QED) is 0.0321. The molecule has 0 bridgehead atoms. The monoisotopic (exact) mass is 944 g/mol. The first-order valence-corrected chi connectivity index (χ1v) is 30.1. The summed E-state index contributed by atoms with van der Waals surface area (Å²) >= 11 is 0. The average molecular weight is 945 g/mol. The molecule has 0 aromatic heterocycles. The van der Waals surface area contributed by atoms with Gasteiger partial charge in [0.2, 0.25) is 5.91 Å². The summed E-state index contributed by atoms with van der Waals surface area (Å²) in [4.78, 5) is 24.5. The molecule has 0 aliphatic rings. The second kappa shape index (κ2) is 56.9. The Kier molecular flexibility index (Phi) is 55.5. The zero-order valence-corrected chi connectivity index (χ0v) is 45.1. The SMILES string of the molecule is CCCCCCCCC/C=C\CCCCCCCCCC(=O)OCCCCCCCCCCCCCCCCCCCCC(=O)NC(CO)C(O)/C=C/CCCCCCCCCCCCCC. The van der Waals surface area contributed by atoms with Crippen molar-refractivity contribution in [3.05, 3.63) is 24.3 Å². The summed E-state index contributed by atoms with van der Waals surface area (Å²) in [5, 5.41) is 23.1. The molecule has 0 saturated heterocycles. The molecule has 0 fully saturated rings. The Morgan fingerprint density at radius 3 is 1.06 bits per heavy atom. The Morgan fingerprint density at radius 1 is 0.403 bits per heavy atom. The lowest BCUT2D eigenvalue weighted by atomic mass is 10.0. The van der Waals surface area contributed by atoms with Gasteiger partial charge in [0.25, 0.3) is 0 Å². The summed E-state index contributed by atoms with van der Waals surface area (Å²) in [5.41, 5.74) is 0. The molecule has 6 heteroatoms. The second-order valence-corrected chi connectivity index (χ2v) is 20.7. The van der Waals surface area contributed by atoms with Gasteiger partial charge in [-0.3, -0.25) is 9.59 Å². The summed E-state index contributed by atoms with van der Waals surface area (Å²) in [6.07, 6.45) is 69.2. The third-order valence-corrected chi connectivity index (χ3v) is 14.0. The number of aliphatic hydroxyl groups excluding tert-OH is 2. The van der Waals surface area contributed by atoms with E-state index < -0.39 is 12.1 Å². The number of hydrogen-bond acceptors (Lipinski definition) is 5. The Balaban J connectivity index is 3.41. The summed E-state index contributed by atoms with van der Waals surface area (Å²) in [5.74, 6) is -0.0671. The number of allylic oxidation sites excluding steroid dienone is 3. The molecule has 2 atom stereocenters. The molecule has 396 valence electrons. The fourth-order valence-electron chi connectivity index (χ4n) is 9.34. The maximum Gasteiger partial charge on any atom is 0.305 e. The number of carbonyl (C=O) groups is 2. The molecule has 67 heavy (non-hydrogen) atoms. The van der Waals surface area contributed by atoms with E-state index in [2.05, 4.69) is 31.3 Å². The summed E-state index contributed by atoms with van der Waals surface area (Å²) in [6.45, 7) is 4.90. The maximum absolute atomic E-state index is 12.4. The summed E-state index contributed by atoms with van der Waals surface area (Å²) in [6, 6.07) is -0.630. The van der Waals surface area contributed by atoms with Crippen molar-refractivity contribution in [2.24, 2.45) is 0 Å². The molecule has 0 aromatic rings. The van der Waals surface area contributed by atoms with Crippen molar-refractivity contribution >= 4 is 11.9 Å². The van der Waals surface area contributed by atoms with E-state index in [1.807, 2.05) is 6.08 Å². The van der Waals surface area contributed by atoms with Crippen molar-refractivity contribution in [3.8, 4) is 0 Å². The molecular formula is C61H117NO5. The average Bonchev–Trinajstić information content (AvgIpc) is 3.33. The predicted octanol–water partition coefficient (Wildman–Crippen LogP) is 18.6. The highest BCUT2D eigenvalue weighted by molar-refractivity contribution is 5.76. The van der Waals surface area contributed by atoms with Crippen LogP contribution in [0.4, 0.5) is 0 Å². The van der Waals surface area contributed by atoms with Crippen molar-refractivity contribution in [1.29, 1.82) is 0 Å². The largest absolute Gasteiger partial charge is 0.466 e. The number of ether oxygens (including phenoxy) is 1. The third kappa shape index (κ3) is 53.5. The van der Waals surface area contributed by atoms with Crippen LogP contribution in [0.2, 0.25) is 0 Å². The first kappa shape index (κ1) is 65.3. The van der Waals surface area contributed by atoms with E-state index >= 15 is 0 Å². The van der Waals surface area contributed by atoms with Crippen LogP contribution in [-0.2, 0) is 14.3 Å². The van der Waals surface area contributed by atoms with Gasteiger partial charge in [-0.1, -0.05) is 282 Å². The number of nitrogens with one attached hydrogen (secondary N) is 1. The van der Waals surface area contributed by atoms with Gasteiger partial charge in [0.05, 0.1) is 25.4 Å².